The molecule has 2 aromatic carbocycles. The average molecular weight is 425 g/mol. The Bertz CT molecular complexity index is 897. The molecule has 1 unspecified atom stereocenters. The van der Waals surface area contributed by atoms with Gasteiger partial charge in [0, 0.05) is 10.7 Å². The molecule has 1 N–H and O–H groups in total. The van der Waals surface area contributed by atoms with E-state index in [0.29, 0.717) is 28.6 Å². The minimum Gasteiger partial charge on any atom is -0.491 e. The SMILES string of the molecule is CCC(C(=O)Nc1ccc(OC(C)C)cc1)N(c1ccc(Cl)cc1)S(C)(=O)=O. The Hall–Kier alpha value is -2.25. The van der Waals surface area contributed by atoms with Crippen LogP contribution in [0.5, 0.6) is 5.75 Å². The number of carbonyl (C=O) groups is 1. The van der Waals surface area contributed by atoms with Gasteiger partial charge in [-0.2, -0.15) is 0 Å². The second-order valence-electron chi connectivity index (χ2n) is 6.64. The van der Waals surface area contributed by atoms with E-state index in [1.54, 1.807) is 55.5 Å². The largest absolute Gasteiger partial charge is 0.491 e. The molecule has 0 saturated heterocycles. The summed E-state index contributed by atoms with van der Waals surface area (Å²) in [6.45, 7) is 5.62. The highest BCUT2D eigenvalue weighted by molar-refractivity contribution is 7.92. The third-order valence-corrected chi connectivity index (χ3v) is 5.34. The van der Waals surface area contributed by atoms with Crippen molar-refractivity contribution in [3.05, 3.63) is 53.6 Å². The Morgan fingerprint density at radius 1 is 1.11 bits per heavy atom. The molecule has 0 radical (unpaired) electrons. The maximum atomic E-state index is 12.9. The fraction of sp³-hybridized carbons (Fsp3) is 0.350. The second-order valence-corrected chi connectivity index (χ2v) is 8.94. The topological polar surface area (TPSA) is 75.7 Å². The van der Waals surface area contributed by atoms with Gasteiger partial charge in [-0.1, -0.05) is 18.5 Å². The van der Waals surface area contributed by atoms with Crippen molar-refractivity contribution < 1.29 is 17.9 Å². The van der Waals surface area contributed by atoms with E-state index in [-0.39, 0.29) is 6.10 Å². The van der Waals surface area contributed by atoms with E-state index in [0.717, 1.165) is 10.6 Å². The third-order valence-electron chi connectivity index (χ3n) is 3.90. The Balaban J connectivity index is 2.25. The van der Waals surface area contributed by atoms with Crippen LogP contribution >= 0.6 is 11.6 Å². The third kappa shape index (κ3) is 5.87. The maximum Gasteiger partial charge on any atom is 0.248 e. The van der Waals surface area contributed by atoms with Crippen molar-refractivity contribution in [1.29, 1.82) is 0 Å². The summed E-state index contributed by atoms with van der Waals surface area (Å²) in [5.41, 5.74) is 0.943. The van der Waals surface area contributed by atoms with Crippen LogP contribution in [0.4, 0.5) is 11.4 Å². The number of hydrogen-bond donors (Lipinski definition) is 1. The zero-order chi connectivity index (χ0) is 20.9. The van der Waals surface area contributed by atoms with Gasteiger partial charge < -0.3 is 10.1 Å². The molecule has 0 fully saturated rings. The molecule has 152 valence electrons. The Morgan fingerprint density at radius 3 is 2.14 bits per heavy atom. The number of nitrogens with zero attached hydrogens (tertiary/aromatic N) is 1. The summed E-state index contributed by atoms with van der Waals surface area (Å²) in [4.78, 5) is 12.9. The summed E-state index contributed by atoms with van der Waals surface area (Å²) in [6.07, 6.45) is 1.43. The van der Waals surface area contributed by atoms with E-state index in [4.69, 9.17) is 16.3 Å². The van der Waals surface area contributed by atoms with Gasteiger partial charge in [-0.15, -0.1) is 0 Å². The highest BCUT2D eigenvalue weighted by Crippen LogP contribution is 2.25. The predicted molar refractivity (Wildman–Crippen MR) is 114 cm³/mol. The number of ether oxygens (including phenoxy) is 1. The molecule has 2 rings (SSSR count). The van der Waals surface area contributed by atoms with E-state index < -0.39 is 22.0 Å². The monoisotopic (exact) mass is 424 g/mol. The molecule has 0 aliphatic rings. The first-order valence-corrected chi connectivity index (χ1v) is 11.2. The van der Waals surface area contributed by atoms with Crippen molar-refractivity contribution in [3.8, 4) is 5.75 Å². The summed E-state index contributed by atoms with van der Waals surface area (Å²) in [5, 5.41) is 3.27. The van der Waals surface area contributed by atoms with Crippen molar-refractivity contribution in [2.24, 2.45) is 0 Å². The highest BCUT2D eigenvalue weighted by atomic mass is 35.5. The maximum absolute atomic E-state index is 12.9. The summed E-state index contributed by atoms with van der Waals surface area (Å²) in [5.74, 6) is 0.277. The fourth-order valence-corrected chi connectivity index (χ4v) is 4.10. The van der Waals surface area contributed by atoms with E-state index in [1.165, 1.54) is 0 Å². The number of hydrogen-bond acceptors (Lipinski definition) is 4. The molecule has 0 heterocycles. The van der Waals surface area contributed by atoms with Gasteiger partial charge in [0.25, 0.3) is 0 Å². The second kappa shape index (κ2) is 9.30. The number of benzene rings is 2. The number of carbonyl (C=O) groups excluding carboxylic acids is 1. The van der Waals surface area contributed by atoms with Gasteiger partial charge in [0.2, 0.25) is 15.9 Å². The predicted octanol–water partition coefficient (Wildman–Crippen LogP) is 4.31. The first kappa shape index (κ1) is 22.0. The Kier molecular flexibility index (Phi) is 7.32. The van der Waals surface area contributed by atoms with Crippen LogP contribution in [0.25, 0.3) is 0 Å². The van der Waals surface area contributed by atoms with Crippen LogP contribution in [0.3, 0.4) is 0 Å². The van der Waals surface area contributed by atoms with Crippen LogP contribution in [0.1, 0.15) is 27.2 Å². The fourth-order valence-electron chi connectivity index (χ4n) is 2.76. The minimum atomic E-state index is -3.69. The summed E-state index contributed by atoms with van der Waals surface area (Å²) >= 11 is 5.90. The van der Waals surface area contributed by atoms with Gasteiger partial charge in [-0.25, -0.2) is 8.42 Å². The van der Waals surface area contributed by atoms with E-state index in [9.17, 15) is 13.2 Å². The smallest absolute Gasteiger partial charge is 0.248 e. The molecule has 0 saturated carbocycles. The lowest BCUT2D eigenvalue weighted by atomic mass is 10.1. The summed E-state index contributed by atoms with van der Waals surface area (Å²) < 4.78 is 31.5. The Morgan fingerprint density at radius 2 is 1.68 bits per heavy atom. The van der Waals surface area contributed by atoms with Gasteiger partial charge in [-0.3, -0.25) is 9.10 Å². The van der Waals surface area contributed by atoms with Crippen molar-refractivity contribution in [2.45, 2.75) is 39.3 Å². The van der Waals surface area contributed by atoms with Crippen molar-refractivity contribution in [2.75, 3.05) is 15.9 Å². The highest BCUT2D eigenvalue weighted by Gasteiger charge is 2.31. The van der Waals surface area contributed by atoms with Gasteiger partial charge in [0.1, 0.15) is 11.8 Å². The number of amides is 1. The molecule has 1 atom stereocenters. The van der Waals surface area contributed by atoms with Crippen molar-refractivity contribution in [1.82, 2.24) is 0 Å². The molecule has 8 heteroatoms. The lowest BCUT2D eigenvalue weighted by molar-refractivity contribution is -0.117. The molecule has 0 aliphatic heterocycles. The standard InChI is InChI=1S/C20H25ClN2O4S/c1-5-19(23(28(4,25)26)17-10-6-15(21)7-11-17)20(24)22-16-8-12-18(13-9-16)27-14(2)3/h6-14,19H,5H2,1-4H3,(H,22,24). The normalized spacial score (nSPS) is 12.5. The molecule has 0 aliphatic carbocycles. The Labute approximate surface area is 171 Å². The number of nitrogens with one attached hydrogen (secondary N) is 1. The molecule has 1 amide bonds. The van der Waals surface area contributed by atoms with Gasteiger partial charge in [-0.05, 0) is 68.8 Å². The van der Waals surface area contributed by atoms with Crippen molar-refractivity contribution in [3.63, 3.8) is 0 Å². The zero-order valence-corrected chi connectivity index (χ0v) is 17.9. The molecular formula is C20H25ClN2O4S. The number of anilines is 2. The quantitative estimate of drug-likeness (QED) is 0.685. The molecule has 0 aromatic heterocycles. The van der Waals surface area contributed by atoms with Crippen LogP contribution in [0.2, 0.25) is 5.02 Å². The van der Waals surface area contributed by atoms with E-state index in [1.807, 2.05) is 13.8 Å². The molecule has 2 aromatic rings. The first-order valence-electron chi connectivity index (χ1n) is 8.94. The van der Waals surface area contributed by atoms with Gasteiger partial charge in [0.05, 0.1) is 18.0 Å². The van der Waals surface area contributed by atoms with Crippen LogP contribution in [0.15, 0.2) is 48.5 Å². The van der Waals surface area contributed by atoms with E-state index in [2.05, 4.69) is 5.32 Å². The van der Waals surface area contributed by atoms with Crippen molar-refractivity contribution >= 4 is 38.9 Å². The first-order chi connectivity index (χ1) is 13.1. The lowest BCUT2D eigenvalue weighted by Gasteiger charge is -2.30. The number of rotatable bonds is 8. The van der Waals surface area contributed by atoms with Gasteiger partial charge in [0.15, 0.2) is 0 Å². The van der Waals surface area contributed by atoms with Gasteiger partial charge >= 0.3 is 0 Å². The molecule has 28 heavy (non-hydrogen) atoms. The average Bonchev–Trinajstić information content (AvgIpc) is 2.60. The van der Waals surface area contributed by atoms with Crippen LogP contribution in [-0.4, -0.2) is 32.7 Å². The molecular weight excluding hydrogens is 400 g/mol. The lowest BCUT2D eigenvalue weighted by Crippen LogP contribution is -2.46. The van der Waals surface area contributed by atoms with Crippen LogP contribution in [-0.2, 0) is 14.8 Å². The molecule has 6 nitrogen and oxygen atoms in total. The van der Waals surface area contributed by atoms with E-state index >= 15 is 0 Å². The zero-order valence-electron chi connectivity index (χ0n) is 16.3. The summed E-state index contributed by atoms with van der Waals surface area (Å²) in [6, 6.07) is 12.4. The molecule has 0 spiro atoms. The number of sulfonamides is 1. The minimum absolute atomic E-state index is 0.0487. The number of halogens is 1. The summed E-state index contributed by atoms with van der Waals surface area (Å²) in [7, 11) is -3.69. The van der Waals surface area contributed by atoms with Crippen LogP contribution in [0, 0.1) is 0 Å². The molecule has 0 bridgehead atoms. The van der Waals surface area contributed by atoms with Crippen LogP contribution < -0.4 is 14.4 Å².